The highest BCUT2D eigenvalue weighted by Crippen LogP contribution is 2.32. The molecule has 0 aliphatic rings. The Morgan fingerprint density at radius 1 is 0.500 bits per heavy atom. The Morgan fingerprint density at radius 2 is 1.00 bits per heavy atom. The number of phenolic OH excluding ortho intramolecular Hbond substituents is 1. The summed E-state index contributed by atoms with van der Waals surface area (Å²) in [6.07, 6.45) is 0. The SMILES string of the molecule is Oc1ccccc1-c1ccccc1.c1ccc2c(c1)sc1ccccc12. The zero-order chi connectivity index (χ0) is 17.8. The summed E-state index contributed by atoms with van der Waals surface area (Å²) in [5, 5.41) is 12.3. The molecular formula is C24H18OS. The van der Waals surface area contributed by atoms with Gasteiger partial charge in [-0.15, -0.1) is 11.3 Å². The summed E-state index contributed by atoms with van der Waals surface area (Å²) >= 11 is 1.86. The van der Waals surface area contributed by atoms with Gasteiger partial charge in [-0.25, -0.2) is 0 Å². The van der Waals surface area contributed by atoms with Crippen LogP contribution in [0.4, 0.5) is 0 Å². The van der Waals surface area contributed by atoms with Gasteiger partial charge in [-0.2, -0.15) is 0 Å². The van der Waals surface area contributed by atoms with Gasteiger partial charge in [-0.05, 0) is 23.8 Å². The lowest BCUT2D eigenvalue weighted by molar-refractivity contribution is 0.477. The number of benzene rings is 4. The van der Waals surface area contributed by atoms with Crippen molar-refractivity contribution in [1.82, 2.24) is 0 Å². The highest BCUT2D eigenvalue weighted by molar-refractivity contribution is 7.25. The van der Waals surface area contributed by atoms with Crippen LogP contribution < -0.4 is 0 Å². The molecule has 1 heterocycles. The monoisotopic (exact) mass is 354 g/mol. The van der Waals surface area contributed by atoms with E-state index in [2.05, 4.69) is 48.5 Å². The van der Waals surface area contributed by atoms with Crippen molar-refractivity contribution in [1.29, 1.82) is 0 Å². The van der Waals surface area contributed by atoms with Gasteiger partial charge in [-0.3, -0.25) is 0 Å². The van der Waals surface area contributed by atoms with Gasteiger partial charge < -0.3 is 5.11 Å². The highest BCUT2D eigenvalue weighted by Gasteiger charge is 2.01. The first-order valence-electron chi connectivity index (χ1n) is 8.52. The highest BCUT2D eigenvalue weighted by atomic mass is 32.1. The van der Waals surface area contributed by atoms with E-state index in [1.165, 1.54) is 20.2 Å². The summed E-state index contributed by atoms with van der Waals surface area (Å²) in [5.41, 5.74) is 1.92. The van der Waals surface area contributed by atoms with Gasteiger partial charge in [0.2, 0.25) is 0 Å². The van der Waals surface area contributed by atoms with E-state index in [1.54, 1.807) is 6.07 Å². The van der Waals surface area contributed by atoms with E-state index in [1.807, 2.05) is 59.9 Å². The van der Waals surface area contributed by atoms with E-state index < -0.39 is 0 Å². The minimum Gasteiger partial charge on any atom is -0.507 e. The van der Waals surface area contributed by atoms with Crippen LogP contribution in [0, 0.1) is 0 Å². The van der Waals surface area contributed by atoms with Crippen molar-refractivity contribution in [2.24, 2.45) is 0 Å². The van der Waals surface area contributed by atoms with Crippen LogP contribution in [0.5, 0.6) is 5.75 Å². The Kier molecular flexibility index (Phi) is 4.67. The predicted molar refractivity (Wildman–Crippen MR) is 113 cm³/mol. The van der Waals surface area contributed by atoms with Gasteiger partial charge in [0.15, 0.2) is 0 Å². The molecule has 5 rings (SSSR count). The average molecular weight is 354 g/mol. The van der Waals surface area contributed by atoms with Crippen molar-refractivity contribution < 1.29 is 5.11 Å². The van der Waals surface area contributed by atoms with Crippen LogP contribution in [0.15, 0.2) is 103 Å². The maximum atomic E-state index is 9.56. The molecule has 126 valence electrons. The summed E-state index contributed by atoms with van der Waals surface area (Å²) in [7, 11) is 0. The van der Waals surface area contributed by atoms with Crippen molar-refractivity contribution in [3.63, 3.8) is 0 Å². The number of fused-ring (bicyclic) bond motifs is 3. The molecule has 0 spiro atoms. The van der Waals surface area contributed by atoms with E-state index in [-0.39, 0.29) is 0 Å². The van der Waals surface area contributed by atoms with Crippen molar-refractivity contribution in [3.05, 3.63) is 103 Å². The lowest BCUT2D eigenvalue weighted by Gasteiger charge is -2.02. The standard InChI is InChI=1S/C12H10O.C12H8S/c13-12-9-5-4-8-11(12)10-6-2-1-3-7-10;1-3-7-11-9(5-1)10-6-2-4-8-12(10)13-11/h1-9,13H;1-8H. The van der Waals surface area contributed by atoms with Crippen molar-refractivity contribution in [3.8, 4) is 16.9 Å². The molecule has 0 saturated heterocycles. The number of hydrogen-bond acceptors (Lipinski definition) is 2. The molecule has 1 nitrogen and oxygen atoms in total. The lowest BCUT2D eigenvalue weighted by atomic mass is 10.1. The normalized spacial score (nSPS) is 10.5. The van der Waals surface area contributed by atoms with Crippen molar-refractivity contribution in [2.75, 3.05) is 0 Å². The second kappa shape index (κ2) is 7.42. The predicted octanol–water partition coefficient (Wildman–Crippen LogP) is 7.11. The minimum atomic E-state index is 0.328. The number of para-hydroxylation sites is 1. The number of rotatable bonds is 1. The molecule has 26 heavy (non-hydrogen) atoms. The molecule has 0 saturated carbocycles. The first-order chi connectivity index (χ1) is 12.8. The second-order valence-electron chi connectivity index (χ2n) is 5.98. The molecule has 0 fully saturated rings. The third kappa shape index (κ3) is 3.32. The molecule has 0 unspecified atom stereocenters. The fourth-order valence-corrected chi connectivity index (χ4v) is 4.12. The van der Waals surface area contributed by atoms with Gasteiger partial charge in [-0.1, -0.05) is 84.9 Å². The summed E-state index contributed by atoms with van der Waals surface area (Å²) in [6, 6.07) is 34.3. The zero-order valence-corrected chi connectivity index (χ0v) is 15.0. The van der Waals surface area contributed by atoms with E-state index in [4.69, 9.17) is 0 Å². The fraction of sp³-hybridized carbons (Fsp3) is 0. The lowest BCUT2D eigenvalue weighted by Crippen LogP contribution is -1.76. The first-order valence-corrected chi connectivity index (χ1v) is 9.34. The van der Waals surface area contributed by atoms with Crippen LogP contribution in [0.25, 0.3) is 31.3 Å². The van der Waals surface area contributed by atoms with Crippen LogP contribution >= 0.6 is 11.3 Å². The van der Waals surface area contributed by atoms with Gasteiger partial charge in [0.1, 0.15) is 5.75 Å². The Hall–Kier alpha value is -3.10. The first kappa shape index (κ1) is 16.4. The van der Waals surface area contributed by atoms with E-state index in [0.717, 1.165) is 11.1 Å². The number of aromatic hydroxyl groups is 1. The van der Waals surface area contributed by atoms with Crippen LogP contribution in [-0.4, -0.2) is 5.11 Å². The Morgan fingerprint density at radius 3 is 1.62 bits per heavy atom. The van der Waals surface area contributed by atoms with Crippen LogP contribution in [-0.2, 0) is 0 Å². The summed E-state index contributed by atoms with van der Waals surface area (Å²) in [6.45, 7) is 0. The molecule has 0 aliphatic carbocycles. The maximum absolute atomic E-state index is 9.56. The van der Waals surface area contributed by atoms with Gasteiger partial charge in [0, 0.05) is 25.7 Å². The maximum Gasteiger partial charge on any atom is 0.123 e. The van der Waals surface area contributed by atoms with Crippen LogP contribution in [0.3, 0.4) is 0 Å². The zero-order valence-electron chi connectivity index (χ0n) is 14.2. The molecule has 5 aromatic rings. The van der Waals surface area contributed by atoms with E-state index in [0.29, 0.717) is 5.75 Å². The summed E-state index contributed by atoms with van der Waals surface area (Å²) in [4.78, 5) is 0. The summed E-state index contributed by atoms with van der Waals surface area (Å²) in [5.74, 6) is 0.328. The second-order valence-corrected chi connectivity index (χ2v) is 7.06. The van der Waals surface area contributed by atoms with Gasteiger partial charge >= 0.3 is 0 Å². The largest absolute Gasteiger partial charge is 0.507 e. The molecule has 0 bridgehead atoms. The molecule has 0 amide bonds. The van der Waals surface area contributed by atoms with Gasteiger partial charge in [0.25, 0.3) is 0 Å². The third-order valence-electron chi connectivity index (χ3n) is 4.27. The van der Waals surface area contributed by atoms with Gasteiger partial charge in [0.05, 0.1) is 0 Å². The Labute approximate surface area is 156 Å². The molecule has 2 heteroatoms. The third-order valence-corrected chi connectivity index (χ3v) is 5.42. The number of thiophene rings is 1. The summed E-state index contributed by atoms with van der Waals surface area (Å²) < 4.78 is 2.76. The molecule has 0 atom stereocenters. The smallest absolute Gasteiger partial charge is 0.123 e. The molecule has 1 N–H and O–H groups in total. The quantitative estimate of drug-likeness (QED) is 0.340. The molecule has 1 aromatic heterocycles. The van der Waals surface area contributed by atoms with Crippen molar-refractivity contribution in [2.45, 2.75) is 0 Å². The van der Waals surface area contributed by atoms with E-state index >= 15 is 0 Å². The fourth-order valence-electron chi connectivity index (χ4n) is 3.01. The van der Waals surface area contributed by atoms with E-state index in [9.17, 15) is 5.11 Å². The average Bonchev–Trinajstić information content (AvgIpc) is 3.08. The minimum absolute atomic E-state index is 0.328. The van der Waals surface area contributed by atoms with Crippen molar-refractivity contribution >= 4 is 31.5 Å². The Balaban J connectivity index is 0.000000129. The topological polar surface area (TPSA) is 20.2 Å². The molecular weight excluding hydrogens is 336 g/mol. The molecule has 0 aliphatic heterocycles. The molecule has 0 radical (unpaired) electrons. The number of phenols is 1. The molecule has 4 aromatic carbocycles. The number of hydrogen-bond donors (Lipinski definition) is 1. The Bertz CT molecular complexity index is 1090. The van der Waals surface area contributed by atoms with Crippen LogP contribution in [0.2, 0.25) is 0 Å². The van der Waals surface area contributed by atoms with Crippen LogP contribution in [0.1, 0.15) is 0 Å².